The number of aryl methyl sites for hydroxylation is 2. The Morgan fingerprint density at radius 3 is 3.25 bits per heavy atom. The largest absolute Gasteiger partial charge is 0.313 e. The maximum atomic E-state index is 4.29. The summed E-state index contributed by atoms with van der Waals surface area (Å²) in [4.78, 5) is 4.29. The van der Waals surface area contributed by atoms with Crippen LogP contribution < -0.4 is 5.32 Å². The summed E-state index contributed by atoms with van der Waals surface area (Å²) >= 11 is 0. The van der Waals surface area contributed by atoms with E-state index < -0.39 is 0 Å². The monoisotopic (exact) mass is 162 g/mol. The zero-order valence-electron chi connectivity index (χ0n) is 7.43. The standard InChI is InChI=1S/C10H14N2/c1-8-5-9-3-2-4-11-6-10(9)7-12-8/h5,7,11H,2-4,6H2,1H3. The van der Waals surface area contributed by atoms with Crippen molar-refractivity contribution in [3.63, 3.8) is 0 Å². The first-order chi connectivity index (χ1) is 5.86. The van der Waals surface area contributed by atoms with Crippen molar-refractivity contribution in [3.8, 4) is 0 Å². The minimum atomic E-state index is 0.989. The molecule has 0 aromatic carbocycles. The zero-order valence-corrected chi connectivity index (χ0v) is 7.43. The van der Waals surface area contributed by atoms with Crippen molar-refractivity contribution in [2.24, 2.45) is 0 Å². The molecule has 2 nitrogen and oxygen atoms in total. The highest BCUT2D eigenvalue weighted by Crippen LogP contribution is 2.13. The van der Waals surface area contributed by atoms with Crippen molar-refractivity contribution >= 4 is 0 Å². The molecule has 1 aliphatic heterocycles. The van der Waals surface area contributed by atoms with Crippen LogP contribution in [0.15, 0.2) is 12.3 Å². The van der Waals surface area contributed by atoms with Crippen LogP contribution in [0.4, 0.5) is 0 Å². The Kier molecular flexibility index (Phi) is 2.09. The summed E-state index contributed by atoms with van der Waals surface area (Å²) in [6.07, 6.45) is 4.45. The number of fused-ring (bicyclic) bond motifs is 1. The van der Waals surface area contributed by atoms with Crippen LogP contribution in [0.3, 0.4) is 0 Å². The van der Waals surface area contributed by atoms with Gasteiger partial charge in [0.1, 0.15) is 0 Å². The Bertz CT molecular complexity index is 281. The molecule has 0 unspecified atom stereocenters. The molecule has 0 amide bonds. The number of rotatable bonds is 0. The lowest BCUT2D eigenvalue weighted by Gasteiger charge is -2.04. The number of aromatic nitrogens is 1. The summed E-state index contributed by atoms with van der Waals surface area (Å²) in [7, 11) is 0. The van der Waals surface area contributed by atoms with Gasteiger partial charge in [-0.25, -0.2) is 0 Å². The van der Waals surface area contributed by atoms with Crippen LogP contribution in [0.2, 0.25) is 0 Å². The molecule has 0 atom stereocenters. The number of pyridine rings is 1. The Morgan fingerprint density at radius 1 is 1.42 bits per heavy atom. The molecule has 0 radical (unpaired) electrons. The molecule has 1 aromatic rings. The van der Waals surface area contributed by atoms with Gasteiger partial charge in [-0.2, -0.15) is 0 Å². The molecule has 0 bridgehead atoms. The third-order valence-corrected chi connectivity index (χ3v) is 2.33. The smallest absolute Gasteiger partial charge is 0.0375 e. The number of hydrogen-bond acceptors (Lipinski definition) is 2. The van der Waals surface area contributed by atoms with Crippen molar-refractivity contribution in [1.29, 1.82) is 0 Å². The van der Waals surface area contributed by atoms with Crippen LogP contribution in [0, 0.1) is 6.92 Å². The second-order valence-electron chi connectivity index (χ2n) is 3.37. The minimum absolute atomic E-state index is 0.989. The number of hydrogen-bond donors (Lipinski definition) is 1. The van der Waals surface area contributed by atoms with E-state index in [2.05, 4.69) is 23.3 Å². The SMILES string of the molecule is Cc1cc2c(cn1)CNCCC2. The average Bonchev–Trinajstić information content (AvgIpc) is 2.28. The lowest BCUT2D eigenvalue weighted by Crippen LogP contribution is -2.12. The van der Waals surface area contributed by atoms with Crippen molar-refractivity contribution in [3.05, 3.63) is 29.1 Å². The zero-order chi connectivity index (χ0) is 8.39. The van der Waals surface area contributed by atoms with Gasteiger partial charge in [0.15, 0.2) is 0 Å². The molecular formula is C10H14N2. The van der Waals surface area contributed by atoms with E-state index in [1.807, 2.05) is 6.20 Å². The van der Waals surface area contributed by atoms with E-state index in [-0.39, 0.29) is 0 Å². The molecule has 2 heterocycles. The fourth-order valence-electron chi connectivity index (χ4n) is 1.66. The Labute approximate surface area is 73.0 Å². The summed E-state index contributed by atoms with van der Waals surface area (Å²) in [5.41, 5.74) is 3.99. The molecule has 1 aromatic heterocycles. The second kappa shape index (κ2) is 3.23. The van der Waals surface area contributed by atoms with Gasteiger partial charge in [0.2, 0.25) is 0 Å². The molecule has 0 aliphatic carbocycles. The van der Waals surface area contributed by atoms with Crippen molar-refractivity contribution in [2.75, 3.05) is 6.54 Å². The summed E-state index contributed by atoms with van der Waals surface area (Å²) < 4.78 is 0. The maximum absolute atomic E-state index is 4.29. The predicted octanol–water partition coefficient (Wildman–Crippen LogP) is 1.43. The number of nitrogens with zero attached hydrogens (tertiary/aromatic N) is 1. The Hall–Kier alpha value is -0.890. The van der Waals surface area contributed by atoms with Crippen LogP contribution in [0.5, 0.6) is 0 Å². The van der Waals surface area contributed by atoms with Gasteiger partial charge in [0.05, 0.1) is 0 Å². The molecular weight excluding hydrogens is 148 g/mol. The molecule has 12 heavy (non-hydrogen) atoms. The highest BCUT2D eigenvalue weighted by molar-refractivity contribution is 5.27. The third-order valence-electron chi connectivity index (χ3n) is 2.33. The van der Waals surface area contributed by atoms with E-state index in [0.717, 1.165) is 18.8 Å². The Balaban J connectivity index is 2.36. The van der Waals surface area contributed by atoms with Gasteiger partial charge in [0.25, 0.3) is 0 Å². The van der Waals surface area contributed by atoms with Gasteiger partial charge in [-0.05, 0) is 43.5 Å². The topological polar surface area (TPSA) is 24.9 Å². The molecule has 2 heteroatoms. The Morgan fingerprint density at radius 2 is 2.33 bits per heavy atom. The molecule has 1 aliphatic rings. The van der Waals surface area contributed by atoms with E-state index in [4.69, 9.17) is 0 Å². The lowest BCUT2D eigenvalue weighted by atomic mass is 10.1. The first-order valence-electron chi connectivity index (χ1n) is 4.51. The normalized spacial score (nSPS) is 16.8. The molecule has 0 fully saturated rings. The fourth-order valence-corrected chi connectivity index (χ4v) is 1.66. The minimum Gasteiger partial charge on any atom is -0.313 e. The highest BCUT2D eigenvalue weighted by Gasteiger charge is 2.06. The third kappa shape index (κ3) is 1.48. The van der Waals surface area contributed by atoms with Gasteiger partial charge in [-0.3, -0.25) is 4.98 Å². The summed E-state index contributed by atoms with van der Waals surface area (Å²) in [6.45, 7) is 4.18. The summed E-state index contributed by atoms with van der Waals surface area (Å²) in [6, 6.07) is 2.21. The molecule has 1 N–H and O–H groups in total. The van der Waals surface area contributed by atoms with E-state index in [0.29, 0.717) is 0 Å². The molecule has 2 rings (SSSR count). The van der Waals surface area contributed by atoms with Crippen molar-refractivity contribution < 1.29 is 0 Å². The second-order valence-corrected chi connectivity index (χ2v) is 3.37. The van der Waals surface area contributed by atoms with E-state index in [9.17, 15) is 0 Å². The van der Waals surface area contributed by atoms with E-state index >= 15 is 0 Å². The van der Waals surface area contributed by atoms with Gasteiger partial charge in [-0.15, -0.1) is 0 Å². The first-order valence-corrected chi connectivity index (χ1v) is 4.51. The lowest BCUT2D eigenvalue weighted by molar-refractivity contribution is 0.680. The molecule has 0 saturated heterocycles. The van der Waals surface area contributed by atoms with Gasteiger partial charge in [0, 0.05) is 18.4 Å². The number of nitrogens with one attached hydrogen (secondary N) is 1. The van der Waals surface area contributed by atoms with Gasteiger partial charge >= 0.3 is 0 Å². The van der Waals surface area contributed by atoms with Crippen molar-refractivity contribution in [1.82, 2.24) is 10.3 Å². The maximum Gasteiger partial charge on any atom is 0.0375 e. The van der Waals surface area contributed by atoms with E-state index in [1.54, 1.807) is 0 Å². The first kappa shape index (κ1) is 7.74. The fraction of sp³-hybridized carbons (Fsp3) is 0.500. The van der Waals surface area contributed by atoms with E-state index in [1.165, 1.54) is 24.0 Å². The van der Waals surface area contributed by atoms with Crippen LogP contribution in [0.25, 0.3) is 0 Å². The van der Waals surface area contributed by atoms with Crippen molar-refractivity contribution in [2.45, 2.75) is 26.3 Å². The quantitative estimate of drug-likeness (QED) is 0.624. The highest BCUT2D eigenvalue weighted by atomic mass is 14.9. The summed E-state index contributed by atoms with van der Waals surface area (Å²) in [5, 5.41) is 3.38. The van der Waals surface area contributed by atoms with Crippen LogP contribution in [0.1, 0.15) is 23.2 Å². The van der Waals surface area contributed by atoms with Crippen LogP contribution in [-0.2, 0) is 13.0 Å². The summed E-state index contributed by atoms with van der Waals surface area (Å²) in [5.74, 6) is 0. The van der Waals surface area contributed by atoms with Crippen LogP contribution >= 0.6 is 0 Å². The molecule has 64 valence electrons. The molecule has 0 spiro atoms. The molecule has 0 saturated carbocycles. The van der Waals surface area contributed by atoms with Crippen LogP contribution in [-0.4, -0.2) is 11.5 Å². The average molecular weight is 162 g/mol. The predicted molar refractivity (Wildman–Crippen MR) is 49.0 cm³/mol. The van der Waals surface area contributed by atoms with Gasteiger partial charge < -0.3 is 5.32 Å². The van der Waals surface area contributed by atoms with Gasteiger partial charge in [-0.1, -0.05) is 0 Å².